The number of aliphatic imine (C=N–C) groups is 1. The molecular formula is C56H66ClN11O8S. The van der Waals surface area contributed by atoms with E-state index in [1.165, 1.54) is 11.8 Å². The average Bonchev–Trinajstić information content (AvgIpc) is 4.10. The minimum Gasteiger partial charge on any atom is -0.391 e. The molecular weight excluding hydrogens is 1020 g/mol. The lowest BCUT2D eigenvalue weighted by molar-refractivity contribution is -0.144. The molecule has 7 N–H and O–H groups in total. The van der Waals surface area contributed by atoms with E-state index >= 15 is 0 Å². The van der Waals surface area contributed by atoms with Crippen molar-refractivity contribution in [1.29, 1.82) is 0 Å². The SMILES string of the molecule is Cc1sc2c(c1C)C(c1ccc(Cl)cc1)=N[C@@H](CC(=O)NC[C@H]1NC(=O)[C@@H](C)NC(=O)[C@@H](Cc3ccc(-c4ccccc4)cc3)NC(=O)[C@@H]3C[C@@H](O)CN3C(=O)[C@H](C(C)(C)C)NC(=O)CCCCNC1=O)c1nnc(C)n1-2. The fourth-order valence-corrected chi connectivity index (χ4v) is 11.1. The van der Waals surface area contributed by atoms with E-state index in [0.29, 0.717) is 40.8 Å². The minimum atomic E-state index is -1.34. The molecule has 406 valence electrons. The van der Waals surface area contributed by atoms with Gasteiger partial charge in [0.25, 0.3) is 0 Å². The third-order valence-electron chi connectivity index (χ3n) is 14.2. The monoisotopic (exact) mass is 1090 g/mol. The molecule has 3 aromatic carbocycles. The number of hydrogen-bond acceptors (Lipinski definition) is 12. The number of aryl methyl sites for hydroxylation is 2. The lowest BCUT2D eigenvalue weighted by Crippen LogP contribution is -2.60. The van der Waals surface area contributed by atoms with Crippen LogP contribution in [-0.2, 0) is 40.0 Å². The number of hydrogen-bond donors (Lipinski definition) is 7. The van der Waals surface area contributed by atoms with E-state index in [0.717, 1.165) is 37.7 Å². The highest BCUT2D eigenvalue weighted by molar-refractivity contribution is 7.15. The number of fused-ring (bicyclic) bond motifs is 4. The Balaban J connectivity index is 1.04. The Bertz CT molecular complexity index is 3060. The first-order chi connectivity index (χ1) is 36.7. The van der Waals surface area contributed by atoms with Gasteiger partial charge in [0.15, 0.2) is 5.82 Å². The molecule has 3 aliphatic heterocycles. The second kappa shape index (κ2) is 23.9. The normalized spacial score (nSPS) is 23.1. The molecule has 0 unspecified atom stereocenters. The molecule has 0 spiro atoms. The molecule has 77 heavy (non-hydrogen) atoms. The number of aliphatic hydroxyl groups excluding tert-OH is 1. The second-order valence-electron chi connectivity index (χ2n) is 21.0. The van der Waals surface area contributed by atoms with Crippen LogP contribution in [0.3, 0.4) is 0 Å². The lowest BCUT2D eigenvalue weighted by atomic mass is 9.85. The van der Waals surface area contributed by atoms with Crippen molar-refractivity contribution in [2.24, 2.45) is 10.4 Å². The fraction of sp³-hybridized carbons (Fsp3) is 0.429. The predicted octanol–water partition coefficient (Wildman–Crippen LogP) is 4.48. The highest BCUT2D eigenvalue weighted by Gasteiger charge is 2.45. The van der Waals surface area contributed by atoms with Crippen molar-refractivity contribution in [2.45, 2.75) is 129 Å². The first-order valence-corrected chi connectivity index (χ1v) is 27.1. The maximum absolute atomic E-state index is 14.4. The average molecular weight is 1090 g/mol. The van der Waals surface area contributed by atoms with Gasteiger partial charge in [0, 0.05) is 59.9 Å². The van der Waals surface area contributed by atoms with E-state index in [1.807, 2.05) is 92.1 Å². The van der Waals surface area contributed by atoms with Gasteiger partial charge in [-0.05, 0) is 80.3 Å². The fourth-order valence-electron chi connectivity index (χ4n) is 9.76. The Morgan fingerprint density at radius 3 is 2.18 bits per heavy atom. The number of rotatable bonds is 8. The van der Waals surface area contributed by atoms with Gasteiger partial charge in [0.2, 0.25) is 41.4 Å². The molecule has 7 amide bonds. The number of halogens is 1. The maximum atomic E-state index is 14.4. The summed E-state index contributed by atoms with van der Waals surface area (Å²) in [5, 5.41) is 37.9. The van der Waals surface area contributed by atoms with Gasteiger partial charge in [-0.2, -0.15) is 0 Å². The number of nitrogens with one attached hydrogen (secondary N) is 6. The van der Waals surface area contributed by atoms with Crippen LogP contribution in [0.25, 0.3) is 16.1 Å². The molecule has 19 nitrogen and oxygen atoms in total. The molecule has 21 heteroatoms. The molecule has 7 atom stereocenters. The summed E-state index contributed by atoms with van der Waals surface area (Å²) in [5.74, 6) is -3.30. The van der Waals surface area contributed by atoms with Crippen LogP contribution in [0.2, 0.25) is 5.02 Å². The summed E-state index contributed by atoms with van der Waals surface area (Å²) in [6.07, 6.45) is -0.760. The summed E-state index contributed by atoms with van der Waals surface area (Å²) in [5.41, 5.74) is 5.10. The lowest BCUT2D eigenvalue weighted by Gasteiger charge is -2.35. The van der Waals surface area contributed by atoms with E-state index < -0.39 is 89.1 Å². The van der Waals surface area contributed by atoms with Crippen LogP contribution in [-0.4, -0.2) is 128 Å². The van der Waals surface area contributed by atoms with Gasteiger partial charge in [0.1, 0.15) is 47.1 Å². The number of amides is 7. The van der Waals surface area contributed by atoms with Crippen molar-refractivity contribution in [3.05, 3.63) is 123 Å². The predicted molar refractivity (Wildman–Crippen MR) is 292 cm³/mol. The summed E-state index contributed by atoms with van der Waals surface area (Å²) in [6, 6.07) is 17.4. The zero-order valence-corrected chi connectivity index (χ0v) is 45.8. The van der Waals surface area contributed by atoms with E-state index in [9.17, 15) is 38.7 Å². The molecule has 0 saturated carbocycles. The number of nitrogens with zero attached hydrogens (tertiary/aromatic N) is 5. The van der Waals surface area contributed by atoms with Crippen LogP contribution in [0.4, 0.5) is 0 Å². The van der Waals surface area contributed by atoms with Crippen LogP contribution in [0.5, 0.6) is 0 Å². The summed E-state index contributed by atoms with van der Waals surface area (Å²) < 4.78 is 1.92. The number of thiophene rings is 1. The molecule has 0 bridgehead atoms. The zero-order valence-electron chi connectivity index (χ0n) is 44.2. The van der Waals surface area contributed by atoms with Crippen molar-refractivity contribution in [1.82, 2.24) is 51.6 Å². The van der Waals surface area contributed by atoms with Crippen LogP contribution >= 0.6 is 22.9 Å². The van der Waals surface area contributed by atoms with Crippen molar-refractivity contribution in [3.8, 4) is 16.1 Å². The second-order valence-corrected chi connectivity index (χ2v) is 22.7. The summed E-state index contributed by atoms with van der Waals surface area (Å²) in [6.45, 7) is 12.2. The Kier molecular flexibility index (Phi) is 17.4. The van der Waals surface area contributed by atoms with Crippen LogP contribution in [0, 0.1) is 26.2 Å². The third kappa shape index (κ3) is 13.1. The molecule has 2 saturated heterocycles. The number of aliphatic hydroxyl groups is 1. The van der Waals surface area contributed by atoms with Gasteiger partial charge in [-0.25, -0.2) is 0 Å². The molecule has 2 fully saturated rings. The third-order valence-corrected chi connectivity index (χ3v) is 15.6. The van der Waals surface area contributed by atoms with Gasteiger partial charge < -0.3 is 41.9 Å². The van der Waals surface area contributed by atoms with E-state index in [-0.39, 0.29) is 45.3 Å². The number of benzene rings is 3. The van der Waals surface area contributed by atoms with Crippen molar-refractivity contribution >= 4 is 70.0 Å². The highest BCUT2D eigenvalue weighted by atomic mass is 35.5. The Morgan fingerprint density at radius 1 is 0.805 bits per heavy atom. The number of carbonyl (C=O) groups is 7. The largest absolute Gasteiger partial charge is 0.391 e. The summed E-state index contributed by atoms with van der Waals surface area (Å²) in [4.78, 5) is 106. The molecule has 3 aliphatic rings. The van der Waals surface area contributed by atoms with E-state index in [4.69, 9.17) is 16.6 Å². The Hall–Kier alpha value is -7.29. The quantitative estimate of drug-likeness (QED) is 0.115. The number of aromatic nitrogens is 3. The zero-order chi connectivity index (χ0) is 55.3. The first-order valence-electron chi connectivity index (χ1n) is 25.9. The van der Waals surface area contributed by atoms with Gasteiger partial charge in [-0.3, -0.25) is 43.1 Å². The first kappa shape index (κ1) is 55.9. The molecule has 5 aromatic rings. The van der Waals surface area contributed by atoms with Crippen LogP contribution < -0.4 is 31.9 Å². The van der Waals surface area contributed by atoms with Crippen molar-refractivity contribution in [2.75, 3.05) is 19.6 Å². The minimum absolute atomic E-state index is 0.00111. The molecule has 5 heterocycles. The van der Waals surface area contributed by atoms with E-state index in [2.05, 4.69) is 42.1 Å². The smallest absolute Gasteiger partial charge is 0.246 e. The molecule has 0 aliphatic carbocycles. The molecule has 8 rings (SSSR count). The summed E-state index contributed by atoms with van der Waals surface area (Å²) >= 11 is 7.87. The molecule has 2 aromatic heterocycles. The Morgan fingerprint density at radius 2 is 1.48 bits per heavy atom. The van der Waals surface area contributed by atoms with Gasteiger partial charge >= 0.3 is 0 Å². The molecule has 0 radical (unpaired) electrons. The van der Waals surface area contributed by atoms with Crippen LogP contribution in [0.15, 0.2) is 83.9 Å². The van der Waals surface area contributed by atoms with Crippen LogP contribution in [0.1, 0.15) is 105 Å². The topological polar surface area (TPSA) is 258 Å². The summed E-state index contributed by atoms with van der Waals surface area (Å²) in [7, 11) is 0. The standard InChI is InChI=1S/C56H66ClN11O8S/c1-30-32(3)77-55-46(30)47(37-20-22-38(57)23-21-37)61-40(49-66-65-33(4)68(49)55)27-45(71)59-28-42-51(73)58-24-12-11-15-44(70)64-48(56(5,6)7)54(76)67-29-39(69)26-43(67)53(75)62-41(52(74)60-31(2)50(72)63-42)25-34-16-18-36(19-17-34)35-13-9-8-10-14-35/h8-10,13-14,16-23,31,39-43,48,69H,11-12,15,24-29H2,1-7H3,(H,58,73)(H,59,71)(H,60,74)(H,62,75)(H,63,72)(H,64,70)/t31-,39-,40+,41-,42-,43+,48-/m1/s1. The van der Waals surface area contributed by atoms with E-state index in [1.54, 1.807) is 44.2 Å². The van der Waals surface area contributed by atoms with Gasteiger partial charge in [-0.1, -0.05) is 99.1 Å². The maximum Gasteiger partial charge on any atom is 0.246 e. The van der Waals surface area contributed by atoms with Gasteiger partial charge in [-0.15, -0.1) is 21.5 Å². The van der Waals surface area contributed by atoms with Crippen molar-refractivity contribution < 1.29 is 38.7 Å². The Labute approximate surface area is 456 Å². The van der Waals surface area contributed by atoms with Crippen molar-refractivity contribution in [3.63, 3.8) is 0 Å². The number of carbonyl (C=O) groups excluding carboxylic acids is 7. The van der Waals surface area contributed by atoms with Gasteiger partial charge in [0.05, 0.1) is 18.2 Å². The highest BCUT2D eigenvalue weighted by Crippen LogP contribution is 2.40.